The quantitative estimate of drug-likeness (QED) is 0.189. The van der Waals surface area contributed by atoms with Crippen molar-refractivity contribution in [2.45, 2.75) is 83.1 Å². The standard InChI is InChI=1S/C38H48O5Si/c1-37(2,3)44(30-17-9-5-10-18-30,31-19-11-6-12-20-31)42-27-32-33-25-35(39)41-28-38(33,23-22-29-15-7-4-8-16-29)26-34(32)43-36-21-13-14-24-40-36/h4-12,15-20,32-34,36H,13-14,21-28H2,1-3H3/t32-,33-,34-,36?,38-/m1/s1. The Kier molecular flexibility index (Phi) is 9.44. The van der Waals surface area contributed by atoms with E-state index < -0.39 is 8.32 Å². The summed E-state index contributed by atoms with van der Waals surface area (Å²) in [5, 5.41) is 2.40. The second kappa shape index (κ2) is 13.3. The highest BCUT2D eigenvalue weighted by Crippen LogP contribution is 2.55. The maximum absolute atomic E-state index is 12.9. The molecule has 0 aromatic heterocycles. The van der Waals surface area contributed by atoms with Crippen molar-refractivity contribution in [1.29, 1.82) is 0 Å². The third-order valence-electron chi connectivity index (χ3n) is 10.4. The maximum Gasteiger partial charge on any atom is 0.306 e. The lowest BCUT2D eigenvalue weighted by atomic mass is 9.69. The van der Waals surface area contributed by atoms with E-state index in [9.17, 15) is 4.79 Å². The number of carbonyl (C=O) groups excluding carboxylic acids is 1. The van der Waals surface area contributed by atoms with E-state index in [-0.39, 0.29) is 40.7 Å². The number of fused-ring (bicyclic) bond motifs is 1. The minimum atomic E-state index is -2.77. The summed E-state index contributed by atoms with van der Waals surface area (Å²) >= 11 is 0. The van der Waals surface area contributed by atoms with Crippen LogP contribution in [0.1, 0.15) is 64.9 Å². The highest BCUT2D eigenvalue weighted by molar-refractivity contribution is 6.99. The van der Waals surface area contributed by atoms with Crippen LogP contribution in [0.5, 0.6) is 0 Å². The van der Waals surface area contributed by atoms with Crippen LogP contribution < -0.4 is 10.4 Å². The Morgan fingerprint density at radius 1 is 0.886 bits per heavy atom. The van der Waals surface area contributed by atoms with Crippen LogP contribution in [-0.4, -0.2) is 46.5 Å². The topological polar surface area (TPSA) is 54.0 Å². The number of esters is 1. The van der Waals surface area contributed by atoms with E-state index >= 15 is 0 Å². The maximum atomic E-state index is 12.9. The molecule has 44 heavy (non-hydrogen) atoms. The predicted octanol–water partition coefficient (Wildman–Crippen LogP) is 6.68. The Labute approximate surface area is 264 Å². The molecule has 2 heterocycles. The molecule has 2 aliphatic heterocycles. The first-order valence-electron chi connectivity index (χ1n) is 16.5. The van der Waals surface area contributed by atoms with Crippen LogP contribution in [0, 0.1) is 17.3 Å². The van der Waals surface area contributed by atoms with Gasteiger partial charge in [-0.3, -0.25) is 4.79 Å². The van der Waals surface area contributed by atoms with Gasteiger partial charge in [-0.1, -0.05) is 112 Å². The molecule has 0 bridgehead atoms. The van der Waals surface area contributed by atoms with Gasteiger partial charge in [-0.15, -0.1) is 0 Å². The van der Waals surface area contributed by atoms with Crippen LogP contribution in [0.15, 0.2) is 91.0 Å². The van der Waals surface area contributed by atoms with Gasteiger partial charge in [0.2, 0.25) is 0 Å². The first-order valence-corrected chi connectivity index (χ1v) is 18.4. The Morgan fingerprint density at radius 2 is 1.52 bits per heavy atom. The molecule has 2 saturated heterocycles. The van der Waals surface area contributed by atoms with Crippen molar-refractivity contribution in [2.75, 3.05) is 19.8 Å². The lowest BCUT2D eigenvalue weighted by Crippen LogP contribution is -2.67. The Bertz CT molecular complexity index is 1310. The molecule has 3 aromatic carbocycles. The minimum absolute atomic E-state index is 0.0609. The SMILES string of the molecule is CC(C)(C)[Si](OC[C@@H]1[C@H]2CC(=O)OC[C@@]2(CCc2ccccc2)C[C@H]1OC1CCCCO1)(c1ccccc1)c1ccccc1. The van der Waals surface area contributed by atoms with E-state index in [1.807, 2.05) is 0 Å². The summed E-state index contributed by atoms with van der Waals surface area (Å²) in [6, 6.07) is 32.3. The number of aryl methyl sites for hydroxylation is 1. The summed E-state index contributed by atoms with van der Waals surface area (Å²) in [5.41, 5.74) is 1.17. The fourth-order valence-corrected chi connectivity index (χ4v) is 12.8. The smallest absolute Gasteiger partial charge is 0.306 e. The molecule has 0 N–H and O–H groups in total. The second-order valence-electron chi connectivity index (χ2n) is 14.1. The average molecular weight is 613 g/mol. The van der Waals surface area contributed by atoms with Gasteiger partial charge >= 0.3 is 5.97 Å². The number of carbonyl (C=O) groups is 1. The lowest BCUT2D eigenvalue weighted by molar-refractivity contribution is -0.197. The van der Waals surface area contributed by atoms with Crippen molar-refractivity contribution in [3.63, 3.8) is 0 Å². The van der Waals surface area contributed by atoms with E-state index in [0.29, 0.717) is 19.6 Å². The molecule has 1 aliphatic carbocycles. The minimum Gasteiger partial charge on any atom is -0.465 e. The number of ether oxygens (including phenoxy) is 3. The molecule has 5 atom stereocenters. The van der Waals surface area contributed by atoms with Crippen molar-refractivity contribution >= 4 is 24.7 Å². The van der Waals surface area contributed by atoms with Gasteiger partial charge in [0.1, 0.15) is 0 Å². The summed E-state index contributed by atoms with van der Waals surface area (Å²) in [6.45, 7) is 8.68. The molecule has 0 radical (unpaired) electrons. The number of rotatable bonds is 10. The van der Waals surface area contributed by atoms with Crippen molar-refractivity contribution < 1.29 is 23.4 Å². The van der Waals surface area contributed by atoms with Crippen LogP contribution in [0.3, 0.4) is 0 Å². The highest BCUT2D eigenvalue weighted by Gasteiger charge is 2.59. The monoisotopic (exact) mass is 612 g/mol. The van der Waals surface area contributed by atoms with Crippen LogP contribution >= 0.6 is 0 Å². The van der Waals surface area contributed by atoms with E-state index in [0.717, 1.165) is 45.1 Å². The van der Waals surface area contributed by atoms with Crippen LogP contribution in [0.4, 0.5) is 0 Å². The van der Waals surface area contributed by atoms with Gasteiger partial charge in [-0.05, 0) is 65.4 Å². The van der Waals surface area contributed by atoms with E-state index in [4.69, 9.17) is 18.6 Å². The molecule has 0 spiro atoms. The Morgan fingerprint density at radius 3 is 2.11 bits per heavy atom. The molecular formula is C38H48O5Si. The highest BCUT2D eigenvalue weighted by atomic mass is 28.4. The first-order chi connectivity index (χ1) is 21.3. The zero-order valence-corrected chi connectivity index (χ0v) is 27.6. The molecule has 6 rings (SSSR count). The zero-order chi connectivity index (χ0) is 30.6. The number of hydrogen-bond donors (Lipinski definition) is 0. The average Bonchev–Trinajstić information content (AvgIpc) is 3.34. The predicted molar refractivity (Wildman–Crippen MR) is 176 cm³/mol. The fraction of sp³-hybridized carbons (Fsp3) is 0.500. The van der Waals surface area contributed by atoms with Gasteiger partial charge in [0.05, 0.1) is 12.7 Å². The molecule has 3 aromatic rings. The fourth-order valence-electron chi connectivity index (χ4n) is 8.18. The van der Waals surface area contributed by atoms with Gasteiger partial charge in [0.15, 0.2) is 6.29 Å². The molecule has 3 fully saturated rings. The number of hydrogen-bond acceptors (Lipinski definition) is 5. The molecular weight excluding hydrogens is 564 g/mol. The molecule has 1 saturated carbocycles. The summed E-state index contributed by atoms with van der Waals surface area (Å²) in [6.07, 6.45) is 6.01. The zero-order valence-electron chi connectivity index (χ0n) is 26.6. The van der Waals surface area contributed by atoms with Gasteiger partial charge in [-0.25, -0.2) is 0 Å². The number of cyclic esters (lactones) is 1. The van der Waals surface area contributed by atoms with Crippen LogP contribution in [0.25, 0.3) is 0 Å². The van der Waals surface area contributed by atoms with Crippen molar-refractivity contribution in [2.24, 2.45) is 17.3 Å². The molecule has 1 unspecified atom stereocenters. The van der Waals surface area contributed by atoms with E-state index in [1.54, 1.807) is 0 Å². The second-order valence-corrected chi connectivity index (χ2v) is 18.4. The molecule has 5 nitrogen and oxygen atoms in total. The normalized spacial score (nSPS) is 27.5. The Hall–Kier alpha value is -2.77. The van der Waals surface area contributed by atoms with Crippen LogP contribution in [0.2, 0.25) is 5.04 Å². The van der Waals surface area contributed by atoms with Crippen LogP contribution in [-0.2, 0) is 29.9 Å². The largest absolute Gasteiger partial charge is 0.465 e. The van der Waals surface area contributed by atoms with Gasteiger partial charge in [0, 0.05) is 31.0 Å². The summed E-state index contributed by atoms with van der Waals surface area (Å²) in [5.74, 6) is 0.0837. The van der Waals surface area contributed by atoms with Gasteiger partial charge in [-0.2, -0.15) is 0 Å². The van der Waals surface area contributed by atoms with Gasteiger partial charge < -0.3 is 18.6 Å². The molecule has 0 amide bonds. The lowest BCUT2D eigenvalue weighted by Gasteiger charge is -2.45. The van der Waals surface area contributed by atoms with Crippen molar-refractivity contribution in [3.05, 3.63) is 96.6 Å². The molecule has 6 heteroatoms. The van der Waals surface area contributed by atoms with E-state index in [1.165, 1.54) is 15.9 Å². The molecule has 234 valence electrons. The summed E-state index contributed by atoms with van der Waals surface area (Å²) in [7, 11) is -2.77. The molecule has 3 aliphatic rings. The first kappa shape index (κ1) is 31.2. The third kappa shape index (κ3) is 6.32. The van der Waals surface area contributed by atoms with Crippen molar-refractivity contribution in [1.82, 2.24) is 0 Å². The Balaban J connectivity index is 1.36. The van der Waals surface area contributed by atoms with E-state index in [2.05, 4.69) is 112 Å². The third-order valence-corrected chi connectivity index (χ3v) is 15.4. The number of benzene rings is 3. The summed E-state index contributed by atoms with van der Waals surface area (Å²) in [4.78, 5) is 12.9. The van der Waals surface area contributed by atoms with Gasteiger partial charge in [0.25, 0.3) is 8.32 Å². The van der Waals surface area contributed by atoms with Crippen molar-refractivity contribution in [3.8, 4) is 0 Å². The summed E-state index contributed by atoms with van der Waals surface area (Å²) < 4.78 is 26.4.